The zero-order chi connectivity index (χ0) is 22.1. The van der Waals surface area contributed by atoms with E-state index < -0.39 is 23.7 Å². The van der Waals surface area contributed by atoms with E-state index in [1.165, 1.54) is 18.2 Å². The van der Waals surface area contributed by atoms with Crippen LogP contribution < -0.4 is 16.0 Å². The first-order chi connectivity index (χ1) is 14.1. The Balaban J connectivity index is 1.54. The van der Waals surface area contributed by atoms with Gasteiger partial charge in [-0.15, -0.1) is 0 Å². The average molecular weight is 413 g/mol. The van der Waals surface area contributed by atoms with Gasteiger partial charge in [0.2, 0.25) is 11.8 Å². The summed E-state index contributed by atoms with van der Waals surface area (Å²) in [4.78, 5) is 39.4. The molecule has 1 aromatic heterocycles. The maximum absolute atomic E-state index is 13.5. The average Bonchev–Trinajstić information content (AvgIpc) is 3.19. The van der Waals surface area contributed by atoms with Crippen LogP contribution in [0.5, 0.6) is 0 Å². The second-order valence-electron chi connectivity index (χ2n) is 8.31. The van der Waals surface area contributed by atoms with Crippen LogP contribution in [0.2, 0.25) is 0 Å². The number of fused-ring (bicyclic) bond motifs is 1. The molecule has 9 heteroatoms. The summed E-state index contributed by atoms with van der Waals surface area (Å²) in [7, 11) is 0. The molecule has 1 saturated heterocycles. The fraction of sp³-hybridized carbons (Fsp3) is 0.429. The molecule has 0 spiro atoms. The Morgan fingerprint density at radius 1 is 1.37 bits per heavy atom. The highest BCUT2D eigenvalue weighted by atomic mass is 19.1. The third kappa shape index (κ3) is 4.76. The minimum Gasteiger partial charge on any atom is -0.351 e. The van der Waals surface area contributed by atoms with Crippen LogP contribution in [0, 0.1) is 30.0 Å². The molecule has 1 fully saturated rings. The lowest BCUT2D eigenvalue weighted by Gasteiger charge is -2.17. The van der Waals surface area contributed by atoms with Crippen molar-refractivity contribution in [1.82, 2.24) is 20.9 Å². The number of hydrogen-bond acceptors (Lipinski definition) is 4. The van der Waals surface area contributed by atoms with Crippen molar-refractivity contribution in [3.8, 4) is 6.07 Å². The summed E-state index contributed by atoms with van der Waals surface area (Å²) in [6.07, 6.45) is 0.787. The SMILES string of the molecule is Cc1cc(F)cc2cc(C(=O)NCC(=O)N[C@H](C#N)C[C@@H]3CC(C)(C)NC3=O)[nH]c12. The van der Waals surface area contributed by atoms with Crippen LogP contribution >= 0.6 is 0 Å². The van der Waals surface area contributed by atoms with Gasteiger partial charge in [0.1, 0.15) is 17.6 Å². The number of aromatic amines is 1. The van der Waals surface area contributed by atoms with Gasteiger partial charge in [-0.05, 0) is 57.4 Å². The van der Waals surface area contributed by atoms with Crippen LogP contribution in [0.25, 0.3) is 10.9 Å². The molecule has 0 radical (unpaired) electrons. The van der Waals surface area contributed by atoms with Gasteiger partial charge >= 0.3 is 0 Å². The summed E-state index contributed by atoms with van der Waals surface area (Å²) >= 11 is 0. The predicted octanol–water partition coefficient (Wildman–Crippen LogP) is 1.66. The first-order valence-electron chi connectivity index (χ1n) is 9.66. The summed E-state index contributed by atoms with van der Waals surface area (Å²) in [5.41, 5.74) is 1.18. The molecule has 2 atom stereocenters. The maximum Gasteiger partial charge on any atom is 0.268 e. The van der Waals surface area contributed by atoms with E-state index in [-0.39, 0.29) is 36.0 Å². The van der Waals surface area contributed by atoms with Gasteiger partial charge in [-0.3, -0.25) is 14.4 Å². The van der Waals surface area contributed by atoms with Crippen LogP contribution in [0.4, 0.5) is 4.39 Å². The quantitative estimate of drug-likeness (QED) is 0.574. The summed E-state index contributed by atoms with van der Waals surface area (Å²) < 4.78 is 13.5. The molecule has 0 aliphatic carbocycles. The number of nitrogens with one attached hydrogen (secondary N) is 4. The Morgan fingerprint density at radius 3 is 2.73 bits per heavy atom. The van der Waals surface area contributed by atoms with Crippen molar-refractivity contribution in [2.24, 2.45) is 5.92 Å². The van der Waals surface area contributed by atoms with Gasteiger partial charge in [0.25, 0.3) is 5.91 Å². The first-order valence-corrected chi connectivity index (χ1v) is 9.66. The van der Waals surface area contributed by atoms with Gasteiger partial charge in [0.05, 0.1) is 12.6 Å². The van der Waals surface area contributed by atoms with Crippen LogP contribution in [0.15, 0.2) is 18.2 Å². The van der Waals surface area contributed by atoms with E-state index in [0.29, 0.717) is 22.9 Å². The summed E-state index contributed by atoms with van der Waals surface area (Å²) in [6.45, 7) is 5.20. The molecule has 0 saturated carbocycles. The monoisotopic (exact) mass is 413 g/mol. The smallest absolute Gasteiger partial charge is 0.268 e. The standard InChI is InChI=1S/C21H24FN5O3/c1-11-4-14(22)5-12-7-16(26-18(11)12)20(30)24-10-17(28)25-15(9-23)6-13-8-21(2,3)27-19(13)29/h4-5,7,13,15,26H,6,8,10H2,1-3H3,(H,24,30)(H,25,28)(H,27,29)/t13-,15+/m1/s1. The minimum atomic E-state index is -0.835. The number of hydrogen-bond donors (Lipinski definition) is 4. The lowest BCUT2D eigenvalue weighted by atomic mass is 9.92. The molecule has 158 valence electrons. The van der Waals surface area contributed by atoms with E-state index in [9.17, 15) is 24.0 Å². The van der Waals surface area contributed by atoms with E-state index >= 15 is 0 Å². The number of nitrogens with zero attached hydrogens (tertiary/aromatic N) is 1. The van der Waals surface area contributed by atoms with Gasteiger partial charge in [0.15, 0.2) is 0 Å². The zero-order valence-electron chi connectivity index (χ0n) is 17.1. The van der Waals surface area contributed by atoms with Crippen molar-refractivity contribution in [1.29, 1.82) is 5.26 Å². The van der Waals surface area contributed by atoms with E-state index in [1.807, 2.05) is 19.9 Å². The third-order valence-electron chi connectivity index (χ3n) is 5.14. The second-order valence-corrected chi connectivity index (χ2v) is 8.31. The molecular formula is C21H24FN5O3. The number of H-pyrrole nitrogens is 1. The van der Waals surface area contributed by atoms with E-state index in [0.717, 1.165) is 0 Å². The topological polar surface area (TPSA) is 127 Å². The highest BCUT2D eigenvalue weighted by Crippen LogP contribution is 2.27. The maximum atomic E-state index is 13.5. The summed E-state index contributed by atoms with van der Waals surface area (Å²) in [6, 6.07) is 5.35. The number of halogens is 1. The molecular weight excluding hydrogens is 389 g/mol. The number of nitriles is 1. The molecule has 4 N–H and O–H groups in total. The van der Waals surface area contributed by atoms with Crippen LogP contribution in [-0.4, -0.2) is 40.8 Å². The largest absolute Gasteiger partial charge is 0.351 e. The zero-order valence-corrected chi connectivity index (χ0v) is 17.1. The fourth-order valence-corrected chi connectivity index (χ4v) is 3.82. The molecule has 2 heterocycles. The van der Waals surface area contributed by atoms with Gasteiger partial charge in [-0.2, -0.15) is 5.26 Å². The summed E-state index contributed by atoms with van der Waals surface area (Å²) in [5.74, 6) is -1.94. The molecule has 3 amide bonds. The van der Waals surface area contributed by atoms with Gasteiger partial charge in [0, 0.05) is 22.4 Å². The number of rotatable bonds is 6. The number of carbonyl (C=O) groups excluding carboxylic acids is 3. The van der Waals surface area contributed by atoms with Crippen LogP contribution in [0.1, 0.15) is 42.7 Å². The van der Waals surface area contributed by atoms with Gasteiger partial charge < -0.3 is 20.9 Å². The molecule has 2 aromatic rings. The van der Waals surface area contributed by atoms with Crippen LogP contribution in [-0.2, 0) is 9.59 Å². The van der Waals surface area contributed by atoms with Crippen molar-refractivity contribution >= 4 is 28.6 Å². The molecule has 0 unspecified atom stereocenters. The Bertz CT molecular complexity index is 1050. The van der Waals surface area contributed by atoms with Gasteiger partial charge in [-0.25, -0.2) is 4.39 Å². The van der Waals surface area contributed by atoms with E-state index in [1.54, 1.807) is 6.92 Å². The highest BCUT2D eigenvalue weighted by molar-refractivity contribution is 6.00. The number of aryl methyl sites for hydroxylation is 1. The first kappa shape index (κ1) is 21.3. The number of aromatic nitrogens is 1. The van der Waals surface area contributed by atoms with Crippen molar-refractivity contribution in [3.05, 3.63) is 35.3 Å². The van der Waals surface area contributed by atoms with Gasteiger partial charge in [-0.1, -0.05) is 0 Å². The second kappa shape index (κ2) is 8.14. The van der Waals surface area contributed by atoms with Crippen molar-refractivity contribution in [2.75, 3.05) is 6.54 Å². The molecule has 1 aliphatic rings. The minimum absolute atomic E-state index is 0.131. The van der Waals surface area contributed by atoms with Crippen molar-refractivity contribution in [2.45, 2.75) is 45.2 Å². The van der Waals surface area contributed by atoms with Crippen molar-refractivity contribution in [3.63, 3.8) is 0 Å². The summed E-state index contributed by atoms with van der Waals surface area (Å²) in [5, 5.41) is 17.7. The molecule has 8 nitrogen and oxygen atoms in total. The predicted molar refractivity (Wildman–Crippen MR) is 108 cm³/mol. The Hall–Kier alpha value is -3.41. The molecule has 30 heavy (non-hydrogen) atoms. The fourth-order valence-electron chi connectivity index (χ4n) is 3.82. The van der Waals surface area contributed by atoms with Crippen LogP contribution in [0.3, 0.4) is 0 Å². The normalized spacial score (nSPS) is 18.5. The number of carbonyl (C=O) groups is 3. The Labute approximate surface area is 173 Å². The molecule has 1 aromatic carbocycles. The third-order valence-corrected chi connectivity index (χ3v) is 5.14. The number of amides is 3. The highest BCUT2D eigenvalue weighted by Gasteiger charge is 2.38. The van der Waals surface area contributed by atoms with Crippen molar-refractivity contribution < 1.29 is 18.8 Å². The van der Waals surface area contributed by atoms with E-state index in [4.69, 9.17) is 0 Å². The molecule has 0 bridgehead atoms. The Kier molecular flexibility index (Phi) is 5.78. The number of benzene rings is 1. The van der Waals surface area contributed by atoms with E-state index in [2.05, 4.69) is 20.9 Å². The lowest BCUT2D eigenvalue weighted by molar-refractivity contribution is -0.124. The molecule has 1 aliphatic heterocycles. The molecule has 3 rings (SSSR count). The Morgan fingerprint density at radius 2 is 2.10 bits per heavy atom. The lowest BCUT2D eigenvalue weighted by Crippen LogP contribution is -2.42.